The third-order valence-electron chi connectivity index (χ3n) is 3.52. The number of non-ortho nitro benzene ring substituents is 1. The first kappa shape index (κ1) is 17.6. The van der Waals surface area contributed by atoms with Crippen molar-refractivity contribution in [3.05, 3.63) is 74.4 Å². The van der Waals surface area contributed by atoms with Crippen LogP contribution in [0.3, 0.4) is 0 Å². The summed E-state index contributed by atoms with van der Waals surface area (Å²) >= 11 is 6.07. The molecule has 0 aromatic heterocycles. The number of nitro benzene ring substituents is 1. The van der Waals surface area contributed by atoms with Crippen molar-refractivity contribution < 1.29 is 19.2 Å². The first-order valence-electron chi connectivity index (χ1n) is 7.68. The Morgan fingerprint density at radius 1 is 1.31 bits per heavy atom. The molecule has 0 spiro atoms. The Bertz CT molecular complexity index is 952. The summed E-state index contributed by atoms with van der Waals surface area (Å²) in [7, 11) is 0. The Morgan fingerprint density at radius 3 is 2.81 bits per heavy atom. The molecule has 0 amide bonds. The minimum Gasteiger partial charge on any atom is -0.493 e. The zero-order chi connectivity index (χ0) is 18.7. The number of hydrogen-bond donors (Lipinski definition) is 0. The molecule has 8 heteroatoms. The van der Waals surface area contributed by atoms with Crippen LogP contribution in [-0.2, 0) is 9.53 Å². The van der Waals surface area contributed by atoms with Crippen molar-refractivity contribution in [3.63, 3.8) is 0 Å². The largest absolute Gasteiger partial charge is 0.493 e. The second-order valence-corrected chi connectivity index (χ2v) is 5.64. The van der Waals surface area contributed by atoms with E-state index in [2.05, 4.69) is 4.99 Å². The molecule has 7 nitrogen and oxygen atoms in total. The Hall–Kier alpha value is -3.19. The zero-order valence-electron chi connectivity index (χ0n) is 13.6. The number of benzene rings is 2. The van der Waals surface area contributed by atoms with Crippen molar-refractivity contribution in [2.24, 2.45) is 4.99 Å². The fraction of sp³-hybridized carbons (Fsp3) is 0.111. The Kier molecular flexibility index (Phi) is 4.99. The number of cyclic esters (lactones) is 1. The summed E-state index contributed by atoms with van der Waals surface area (Å²) in [4.78, 5) is 26.7. The molecular formula is C18H13ClN2O5. The van der Waals surface area contributed by atoms with E-state index >= 15 is 0 Å². The maximum atomic E-state index is 12.1. The third kappa shape index (κ3) is 3.57. The van der Waals surface area contributed by atoms with Gasteiger partial charge in [0.25, 0.3) is 5.69 Å². The molecule has 0 aliphatic carbocycles. The van der Waals surface area contributed by atoms with E-state index < -0.39 is 10.9 Å². The summed E-state index contributed by atoms with van der Waals surface area (Å²) < 4.78 is 10.7. The summed E-state index contributed by atoms with van der Waals surface area (Å²) in [5, 5.41) is 11.1. The molecular weight excluding hydrogens is 360 g/mol. The fourth-order valence-corrected chi connectivity index (χ4v) is 2.55. The predicted octanol–water partition coefficient (Wildman–Crippen LogP) is 3.99. The normalized spacial score (nSPS) is 14.9. The highest BCUT2D eigenvalue weighted by atomic mass is 35.5. The summed E-state index contributed by atoms with van der Waals surface area (Å²) in [6, 6.07) is 11.0. The van der Waals surface area contributed by atoms with E-state index in [1.54, 1.807) is 18.2 Å². The summed E-state index contributed by atoms with van der Waals surface area (Å²) in [5.74, 6) is -0.148. The van der Waals surface area contributed by atoms with E-state index in [0.717, 1.165) is 0 Å². The van der Waals surface area contributed by atoms with E-state index in [9.17, 15) is 14.9 Å². The van der Waals surface area contributed by atoms with Crippen LogP contribution in [0, 0.1) is 10.1 Å². The van der Waals surface area contributed by atoms with Crippen molar-refractivity contribution >= 4 is 35.2 Å². The molecule has 0 saturated carbocycles. The molecule has 2 aromatic carbocycles. The molecule has 0 bridgehead atoms. The van der Waals surface area contributed by atoms with E-state index in [-0.39, 0.29) is 27.9 Å². The van der Waals surface area contributed by atoms with Gasteiger partial charge < -0.3 is 9.47 Å². The Labute approximate surface area is 153 Å². The molecule has 1 aliphatic heterocycles. The van der Waals surface area contributed by atoms with Crippen LogP contribution < -0.4 is 4.74 Å². The maximum Gasteiger partial charge on any atom is 0.363 e. The molecule has 2 aromatic rings. The van der Waals surface area contributed by atoms with Gasteiger partial charge in [-0.05, 0) is 25.1 Å². The molecule has 132 valence electrons. The lowest BCUT2D eigenvalue weighted by molar-refractivity contribution is -0.384. The second-order valence-electron chi connectivity index (χ2n) is 5.23. The second kappa shape index (κ2) is 7.37. The fourth-order valence-electron chi connectivity index (χ4n) is 2.35. The van der Waals surface area contributed by atoms with Crippen molar-refractivity contribution in [2.45, 2.75) is 6.92 Å². The number of carbonyl (C=O) groups is 1. The highest BCUT2D eigenvalue weighted by molar-refractivity contribution is 6.34. The highest BCUT2D eigenvalue weighted by Crippen LogP contribution is 2.28. The van der Waals surface area contributed by atoms with Gasteiger partial charge in [0.05, 0.1) is 22.1 Å². The van der Waals surface area contributed by atoms with E-state index in [1.165, 1.54) is 24.3 Å². The molecule has 0 radical (unpaired) electrons. The number of rotatable bonds is 5. The minimum atomic E-state index is -0.672. The molecule has 0 unspecified atom stereocenters. The molecule has 3 rings (SSSR count). The van der Waals surface area contributed by atoms with Crippen LogP contribution in [0.5, 0.6) is 5.75 Å². The first-order valence-corrected chi connectivity index (χ1v) is 8.06. The van der Waals surface area contributed by atoms with E-state index in [0.29, 0.717) is 17.9 Å². The van der Waals surface area contributed by atoms with Gasteiger partial charge in [-0.3, -0.25) is 10.1 Å². The molecule has 0 N–H and O–H groups in total. The number of hydrogen-bond acceptors (Lipinski definition) is 6. The lowest BCUT2D eigenvalue weighted by Gasteiger charge is -2.06. The number of para-hydroxylation sites is 1. The van der Waals surface area contributed by atoms with Gasteiger partial charge in [-0.1, -0.05) is 29.8 Å². The summed E-state index contributed by atoms with van der Waals surface area (Å²) in [6.07, 6.45) is 1.53. The smallest absolute Gasteiger partial charge is 0.363 e. The molecule has 0 fully saturated rings. The van der Waals surface area contributed by atoms with Crippen molar-refractivity contribution in [1.29, 1.82) is 0 Å². The highest BCUT2D eigenvalue weighted by Gasteiger charge is 2.27. The third-order valence-corrected chi connectivity index (χ3v) is 3.85. The van der Waals surface area contributed by atoms with Gasteiger partial charge in [-0.2, -0.15) is 0 Å². The van der Waals surface area contributed by atoms with Crippen LogP contribution in [0.25, 0.3) is 6.08 Å². The molecule has 1 aliphatic rings. The lowest BCUT2D eigenvalue weighted by atomic mass is 10.1. The molecule has 26 heavy (non-hydrogen) atoms. The monoisotopic (exact) mass is 372 g/mol. The van der Waals surface area contributed by atoms with Crippen LogP contribution in [0.15, 0.2) is 53.2 Å². The summed E-state index contributed by atoms with van der Waals surface area (Å²) in [6.45, 7) is 2.33. The van der Waals surface area contributed by atoms with Crippen LogP contribution in [0.2, 0.25) is 5.02 Å². The van der Waals surface area contributed by atoms with Crippen LogP contribution >= 0.6 is 11.6 Å². The standard InChI is InChI=1S/C18H13ClN2O5/c1-2-25-16-6-4-3-5-11(16)9-15-18(22)26-17(20-15)13-10-12(21(23)24)7-8-14(13)19/h3-10H,2H2,1H3/b15-9+. The predicted molar refractivity (Wildman–Crippen MR) is 96.3 cm³/mol. The van der Waals surface area contributed by atoms with E-state index in [4.69, 9.17) is 21.1 Å². The molecule has 0 atom stereocenters. The number of aliphatic imine (C=N–C) groups is 1. The van der Waals surface area contributed by atoms with Gasteiger partial charge in [0.2, 0.25) is 5.90 Å². The SMILES string of the molecule is CCOc1ccccc1/C=C1/N=C(c2cc([N+](=O)[O-])ccc2Cl)OC1=O. The van der Waals surface area contributed by atoms with Gasteiger partial charge in [-0.25, -0.2) is 9.79 Å². The Morgan fingerprint density at radius 2 is 2.08 bits per heavy atom. The number of halogens is 1. The van der Waals surface area contributed by atoms with Gasteiger partial charge in [0.1, 0.15) is 5.75 Å². The summed E-state index contributed by atoms with van der Waals surface area (Å²) in [5.41, 5.74) is 0.712. The molecule has 0 saturated heterocycles. The topological polar surface area (TPSA) is 91.0 Å². The van der Waals surface area contributed by atoms with Crippen LogP contribution in [0.4, 0.5) is 5.69 Å². The minimum absolute atomic E-state index is 0.0507. The number of esters is 1. The zero-order valence-corrected chi connectivity index (χ0v) is 14.4. The van der Waals surface area contributed by atoms with E-state index in [1.807, 2.05) is 13.0 Å². The maximum absolute atomic E-state index is 12.1. The Balaban J connectivity index is 2.00. The average molecular weight is 373 g/mol. The van der Waals surface area contributed by atoms with Crippen molar-refractivity contribution in [3.8, 4) is 5.75 Å². The number of nitro groups is 1. The number of nitrogens with zero attached hydrogens (tertiary/aromatic N) is 2. The van der Waals surface area contributed by atoms with Gasteiger partial charge in [0.15, 0.2) is 5.70 Å². The van der Waals surface area contributed by atoms with Crippen LogP contribution in [-0.4, -0.2) is 23.4 Å². The number of ether oxygens (including phenoxy) is 2. The quantitative estimate of drug-likeness (QED) is 0.342. The van der Waals surface area contributed by atoms with Crippen molar-refractivity contribution in [1.82, 2.24) is 0 Å². The number of carbonyl (C=O) groups excluding carboxylic acids is 1. The van der Waals surface area contributed by atoms with Crippen molar-refractivity contribution in [2.75, 3.05) is 6.61 Å². The first-order chi connectivity index (χ1) is 12.5. The molecule has 1 heterocycles. The average Bonchev–Trinajstić information content (AvgIpc) is 2.97. The van der Waals surface area contributed by atoms with Crippen LogP contribution in [0.1, 0.15) is 18.1 Å². The van der Waals surface area contributed by atoms with Gasteiger partial charge in [-0.15, -0.1) is 0 Å². The lowest BCUT2D eigenvalue weighted by Crippen LogP contribution is -2.06. The van der Waals surface area contributed by atoms with Gasteiger partial charge >= 0.3 is 5.97 Å². The van der Waals surface area contributed by atoms with Gasteiger partial charge in [0, 0.05) is 17.7 Å².